The predicted molar refractivity (Wildman–Crippen MR) is 97.0 cm³/mol. The topological polar surface area (TPSA) is 73.2 Å². The number of nitrogens with one attached hydrogen (secondary N) is 1. The lowest BCUT2D eigenvalue weighted by Crippen LogP contribution is -2.30. The first-order valence-electron chi connectivity index (χ1n) is 8.16. The lowest BCUT2D eigenvalue weighted by molar-refractivity contribution is -0.148. The number of anilines is 1. The van der Waals surface area contributed by atoms with Gasteiger partial charge in [-0.25, -0.2) is 9.48 Å². The molecule has 0 aliphatic heterocycles. The molecule has 0 saturated heterocycles. The van der Waals surface area contributed by atoms with Crippen LogP contribution in [-0.4, -0.2) is 27.8 Å². The number of nitrogens with zero attached hydrogens (tertiary/aromatic N) is 2. The number of esters is 1. The summed E-state index contributed by atoms with van der Waals surface area (Å²) in [5.41, 5.74) is 2.00. The Balaban J connectivity index is 1.92. The van der Waals surface area contributed by atoms with Crippen molar-refractivity contribution in [1.29, 1.82) is 0 Å². The second kappa shape index (κ2) is 8.28. The Kier molecular flexibility index (Phi) is 6.11. The van der Waals surface area contributed by atoms with E-state index < -0.39 is 18.0 Å². The van der Waals surface area contributed by atoms with Gasteiger partial charge in [-0.05, 0) is 39.3 Å². The highest BCUT2D eigenvalue weighted by molar-refractivity contribution is 5.96. The largest absolute Gasteiger partial charge is 0.449 e. The molecule has 0 radical (unpaired) electrons. The van der Waals surface area contributed by atoms with Crippen LogP contribution in [-0.2, 0) is 14.3 Å². The number of carbonyl (C=O) groups is 2. The maximum atomic E-state index is 12.2. The van der Waals surface area contributed by atoms with Crippen molar-refractivity contribution in [2.75, 3.05) is 5.32 Å². The van der Waals surface area contributed by atoms with Crippen LogP contribution in [0.2, 0.25) is 0 Å². The van der Waals surface area contributed by atoms with E-state index in [9.17, 15) is 9.59 Å². The lowest BCUT2D eigenvalue weighted by Gasteiger charge is -2.15. The molecule has 2 aromatic rings. The first kappa shape index (κ1) is 18.4. The molecule has 1 aromatic heterocycles. The molecular formula is C19H23N3O3. The maximum absolute atomic E-state index is 12.2. The highest BCUT2D eigenvalue weighted by Gasteiger charge is 2.18. The second-order valence-electron chi connectivity index (χ2n) is 6.07. The fraction of sp³-hybridized carbons (Fsp3) is 0.316. The third-order valence-corrected chi connectivity index (χ3v) is 3.53. The Morgan fingerprint density at radius 3 is 2.68 bits per heavy atom. The standard InChI is InChI=1S/C19H23N3O3/c1-13(2)22-17(10-11-20-22)21-19(24)15(4)25-18(23)9-8-16-7-5-6-14(3)12-16/h5-13,15H,1-4H3,(H,21,24)/b9-8+/t15-/m0/s1. The van der Waals surface area contributed by atoms with Crippen molar-refractivity contribution in [2.45, 2.75) is 39.8 Å². The molecule has 0 fully saturated rings. The number of ether oxygens (including phenoxy) is 1. The van der Waals surface area contributed by atoms with Crippen molar-refractivity contribution in [3.8, 4) is 0 Å². The molecule has 0 spiro atoms. The Labute approximate surface area is 147 Å². The smallest absolute Gasteiger partial charge is 0.331 e. The highest BCUT2D eigenvalue weighted by Crippen LogP contribution is 2.13. The van der Waals surface area contributed by atoms with Crippen molar-refractivity contribution in [3.05, 3.63) is 53.7 Å². The van der Waals surface area contributed by atoms with Crippen LogP contribution in [0.25, 0.3) is 6.08 Å². The number of benzene rings is 1. The van der Waals surface area contributed by atoms with Gasteiger partial charge in [0.25, 0.3) is 5.91 Å². The quantitative estimate of drug-likeness (QED) is 0.646. The fourth-order valence-electron chi connectivity index (χ4n) is 2.26. The van der Waals surface area contributed by atoms with Crippen molar-refractivity contribution < 1.29 is 14.3 Å². The van der Waals surface area contributed by atoms with Gasteiger partial charge < -0.3 is 10.1 Å². The first-order valence-corrected chi connectivity index (χ1v) is 8.16. The second-order valence-corrected chi connectivity index (χ2v) is 6.07. The van der Waals surface area contributed by atoms with E-state index in [-0.39, 0.29) is 6.04 Å². The summed E-state index contributed by atoms with van der Waals surface area (Å²) in [6.45, 7) is 7.43. The van der Waals surface area contributed by atoms with Crippen molar-refractivity contribution >= 4 is 23.8 Å². The Morgan fingerprint density at radius 1 is 1.24 bits per heavy atom. The summed E-state index contributed by atoms with van der Waals surface area (Å²) in [4.78, 5) is 24.1. The van der Waals surface area contributed by atoms with Crippen LogP contribution < -0.4 is 5.32 Å². The van der Waals surface area contributed by atoms with E-state index in [2.05, 4.69) is 10.4 Å². The zero-order valence-electron chi connectivity index (χ0n) is 14.9. The van der Waals surface area contributed by atoms with Crippen LogP contribution in [0.15, 0.2) is 42.6 Å². The molecule has 1 atom stereocenters. The summed E-state index contributed by atoms with van der Waals surface area (Å²) in [6.07, 6.45) is 3.67. The summed E-state index contributed by atoms with van der Waals surface area (Å²) >= 11 is 0. The van der Waals surface area contributed by atoms with E-state index in [1.165, 1.54) is 13.0 Å². The van der Waals surface area contributed by atoms with Gasteiger partial charge in [0.05, 0.1) is 6.20 Å². The van der Waals surface area contributed by atoms with E-state index in [0.717, 1.165) is 11.1 Å². The maximum Gasteiger partial charge on any atom is 0.331 e. The van der Waals surface area contributed by atoms with Crippen LogP contribution in [0.3, 0.4) is 0 Å². The zero-order chi connectivity index (χ0) is 18.4. The number of amides is 1. The van der Waals surface area contributed by atoms with Gasteiger partial charge in [0.15, 0.2) is 6.10 Å². The third kappa shape index (κ3) is 5.31. The summed E-state index contributed by atoms with van der Waals surface area (Å²) in [6, 6.07) is 9.54. The summed E-state index contributed by atoms with van der Waals surface area (Å²) in [5.74, 6) is -0.403. The highest BCUT2D eigenvalue weighted by atomic mass is 16.5. The number of aromatic nitrogens is 2. The molecule has 132 valence electrons. The number of carbonyl (C=O) groups excluding carboxylic acids is 2. The van der Waals surface area contributed by atoms with Crippen molar-refractivity contribution in [1.82, 2.24) is 9.78 Å². The Hall–Kier alpha value is -2.89. The van der Waals surface area contributed by atoms with Gasteiger partial charge >= 0.3 is 5.97 Å². The monoisotopic (exact) mass is 341 g/mol. The lowest BCUT2D eigenvalue weighted by atomic mass is 10.1. The van der Waals surface area contributed by atoms with Crippen LogP contribution >= 0.6 is 0 Å². The molecule has 1 heterocycles. The predicted octanol–water partition coefficient (Wildman–Crippen LogP) is 3.36. The minimum atomic E-state index is -0.912. The summed E-state index contributed by atoms with van der Waals surface area (Å²) in [7, 11) is 0. The fourth-order valence-corrected chi connectivity index (χ4v) is 2.26. The van der Waals surface area contributed by atoms with Crippen LogP contribution in [0.4, 0.5) is 5.82 Å². The third-order valence-electron chi connectivity index (χ3n) is 3.53. The van der Waals surface area contributed by atoms with Gasteiger partial charge in [-0.15, -0.1) is 0 Å². The van der Waals surface area contributed by atoms with E-state index in [0.29, 0.717) is 5.82 Å². The van der Waals surface area contributed by atoms with E-state index in [1.807, 2.05) is 45.0 Å². The Morgan fingerprint density at radius 2 is 2.00 bits per heavy atom. The van der Waals surface area contributed by atoms with Gasteiger partial charge in [0.2, 0.25) is 0 Å². The average molecular weight is 341 g/mol. The molecule has 0 saturated carbocycles. The molecule has 0 aliphatic carbocycles. The minimum absolute atomic E-state index is 0.111. The zero-order valence-corrected chi connectivity index (χ0v) is 14.9. The summed E-state index contributed by atoms with van der Waals surface area (Å²) in [5, 5.41) is 6.86. The number of rotatable bonds is 6. The molecule has 0 aliphatic rings. The molecule has 6 heteroatoms. The number of aryl methyl sites for hydroxylation is 1. The van der Waals surface area contributed by atoms with Crippen LogP contribution in [0.5, 0.6) is 0 Å². The van der Waals surface area contributed by atoms with Gasteiger partial charge in [-0.2, -0.15) is 5.10 Å². The summed E-state index contributed by atoms with van der Waals surface area (Å²) < 4.78 is 6.83. The van der Waals surface area contributed by atoms with Gasteiger partial charge in [0.1, 0.15) is 5.82 Å². The SMILES string of the molecule is Cc1cccc(/C=C/C(=O)O[C@@H](C)C(=O)Nc2ccnn2C(C)C)c1. The van der Waals surface area contributed by atoms with Gasteiger partial charge in [-0.3, -0.25) is 4.79 Å². The van der Waals surface area contributed by atoms with E-state index >= 15 is 0 Å². The normalized spacial score (nSPS) is 12.4. The molecule has 0 bridgehead atoms. The molecule has 25 heavy (non-hydrogen) atoms. The number of hydrogen-bond donors (Lipinski definition) is 1. The van der Waals surface area contributed by atoms with E-state index in [4.69, 9.17) is 4.74 Å². The van der Waals surface area contributed by atoms with Crippen LogP contribution in [0.1, 0.15) is 37.9 Å². The van der Waals surface area contributed by atoms with Gasteiger partial charge in [-0.1, -0.05) is 29.8 Å². The van der Waals surface area contributed by atoms with Crippen LogP contribution in [0, 0.1) is 6.92 Å². The number of hydrogen-bond acceptors (Lipinski definition) is 4. The molecule has 2 rings (SSSR count). The van der Waals surface area contributed by atoms with Crippen molar-refractivity contribution in [3.63, 3.8) is 0 Å². The first-order chi connectivity index (χ1) is 11.9. The van der Waals surface area contributed by atoms with Gasteiger partial charge in [0, 0.05) is 18.2 Å². The molecule has 6 nitrogen and oxygen atoms in total. The van der Waals surface area contributed by atoms with Crippen molar-refractivity contribution in [2.24, 2.45) is 0 Å². The molecular weight excluding hydrogens is 318 g/mol. The molecule has 0 unspecified atom stereocenters. The molecule has 1 aromatic carbocycles. The Bertz CT molecular complexity index is 778. The molecule has 1 amide bonds. The molecule has 1 N–H and O–H groups in total. The van der Waals surface area contributed by atoms with E-state index in [1.54, 1.807) is 23.0 Å². The minimum Gasteiger partial charge on any atom is -0.449 e. The average Bonchev–Trinajstić information content (AvgIpc) is 3.01.